The summed E-state index contributed by atoms with van der Waals surface area (Å²) in [5, 5.41) is 0. The minimum atomic E-state index is -0.0681. The molecule has 1 aromatic carbocycles. The summed E-state index contributed by atoms with van der Waals surface area (Å²) in [6.07, 6.45) is 1.02. The first-order chi connectivity index (χ1) is 6.14. The maximum atomic E-state index is 11.3. The van der Waals surface area contributed by atoms with Crippen LogP contribution in [0.3, 0.4) is 0 Å². The molecule has 0 spiro atoms. The highest BCUT2D eigenvalue weighted by molar-refractivity contribution is 5.86. The van der Waals surface area contributed by atoms with Crippen molar-refractivity contribution in [1.29, 1.82) is 0 Å². The Bertz CT molecular complexity index is 328. The number of carbonyl (C=O) groups excluding carboxylic acids is 1. The van der Waals surface area contributed by atoms with Crippen LogP contribution in [-0.4, -0.2) is 5.78 Å². The van der Waals surface area contributed by atoms with E-state index >= 15 is 0 Å². The number of carbonyl (C=O) groups is 1. The minimum Gasteiger partial charge on any atom is -0.299 e. The number of ketones is 1. The third kappa shape index (κ3) is 1.28. The molecule has 1 fully saturated rings. The molecule has 0 bridgehead atoms. The van der Waals surface area contributed by atoms with Crippen molar-refractivity contribution in [3.05, 3.63) is 35.9 Å². The van der Waals surface area contributed by atoms with Gasteiger partial charge in [0, 0.05) is 5.41 Å². The fourth-order valence-corrected chi connectivity index (χ4v) is 1.93. The predicted octanol–water partition coefficient (Wildman–Crippen LogP) is 2.77. The second kappa shape index (κ2) is 2.69. The fraction of sp³-hybridized carbons (Fsp3) is 0.417. The second-order valence-electron chi connectivity index (χ2n) is 4.14. The molecule has 2 atom stereocenters. The predicted molar refractivity (Wildman–Crippen MR) is 52.6 cm³/mol. The Kier molecular flexibility index (Phi) is 1.76. The van der Waals surface area contributed by atoms with Crippen molar-refractivity contribution in [3.63, 3.8) is 0 Å². The summed E-state index contributed by atoms with van der Waals surface area (Å²) in [5.41, 5.74) is 1.24. The Morgan fingerprint density at radius 2 is 2.00 bits per heavy atom. The Balaban J connectivity index is 2.21. The number of Topliss-reactive ketones (excluding diaryl/α,β-unsaturated/α-hetero) is 1. The molecule has 1 heteroatoms. The van der Waals surface area contributed by atoms with Gasteiger partial charge in [-0.25, -0.2) is 0 Å². The van der Waals surface area contributed by atoms with Gasteiger partial charge < -0.3 is 0 Å². The Labute approximate surface area is 78.8 Å². The maximum Gasteiger partial charge on any atom is 0.136 e. The molecule has 0 unspecified atom stereocenters. The van der Waals surface area contributed by atoms with Crippen molar-refractivity contribution in [2.75, 3.05) is 0 Å². The quantitative estimate of drug-likeness (QED) is 0.673. The molecular formula is C12H14O. The maximum absolute atomic E-state index is 11.3. The van der Waals surface area contributed by atoms with Gasteiger partial charge in [0.05, 0.1) is 0 Å². The van der Waals surface area contributed by atoms with E-state index in [0.717, 1.165) is 6.42 Å². The zero-order chi connectivity index (χ0) is 9.47. The van der Waals surface area contributed by atoms with Crippen LogP contribution >= 0.6 is 0 Å². The minimum absolute atomic E-state index is 0.0681. The Morgan fingerprint density at radius 3 is 2.46 bits per heavy atom. The van der Waals surface area contributed by atoms with Gasteiger partial charge in [0.15, 0.2) is 0 Å². The molecule has 13 heavy (non-hydrogen) atoms. The van der Waals surface area contributed by atoms with Gasteiger partial charge in [-0.1, -0.05) is 37.3 Å². The molecule has 0 N–H and O–H groups in total. The lowest BCUT2D eigenvalue weighted by Gasteiger charge is -2.05. The van der Waals surface area contributed by atoms with Crippen LogP contribution in [0.2, 0.25) is 0 Å². The lowest BCUT2D eigenvalue weighted by Crippen LogP contribution is -2.08. The van der Waals surface area contributed by atoms with Crippen LogP contribution in [0.15, 0.2) is 30.3 Å². The Morgan fingerprint density at radius 1 is 1.38 bits per heavy atom. The van der Waals surface area contributed by atoms with Crippen LogP contribution in [-0.2, 0) is 4.79 Å². The first kappa shape index (κ1) is 8.49. The van der Waals surface area contributed by atoms with Crippen LogP contribution in [0.25, 0.3) is 0 Å². The fourth-order valence-electron chi connectivity index (χ4n) is 1.93. The highest BCUT2D eigenvalue weighted by Gasteiger charge is 2.54. The molecule has 1 nitrogen and oxygen atoms in total. The first-order valence-corrected chi connectivity index (χ1v) is 4.70. The average Bonchev–Trinajstić information content (AvgIpc) is 2.81. The molecular weight excluding hydrogens is 160 g/mol. The van der Waals surface area contributed by atoms with Crippen molar-refractivity contribution < 1.29 is 4.79 Å². The normalized spacial score (nSPS) is 31.4. The number of hydrogen-bond donors (Lipinski definition) is 0. The summed E-state index contributed by atoms with van der Waals surface area (Å²) < 4.78 is 0. The third-order valence-corrected chi connectivity index (χ3v) is 3.24. The molecule has 1 saturated carbocycles. The van der Waals surface area contributed by atoms with Crippen molar-refractivity contribution in [2.45, 2.75) is 26.2 Å². The number of hydrogen-bond acceptors (Lipinski definition) is 1. The van der Waals surface area contributed by atoms with Gasteiger partial charge in [-0.05, 0) is 24.8 Å². The molecule has 0 aromatic heterocycles. The smallest absolute Gasteiger partial charge is 0.136 e. The lowest BCUT2D eigenvalue weighted by atomic mass is 9.98. The van der Waals surface area contributed by atoms with Gasteiger partial charge >= 0.3 is 0 Å². The van der Waals surface area contributed by atoms with Crippen LogP contribution in [0.4, 0.5) is 0 Å². The SMILES string of the molecule is CC(=O)[C@@]1(C)C[C@@H]1c1ccccc1. The summed E-state index contributed by atoms with van der Waals surface area (Å²) in [6.45, 7) is 3.76. The topological polar surface area (TPSA) is 17.1 Å². The highest BCUT2D eigenvalue weighted by atomic mass is 16.1. The molecule has 68 valence electrons. The van der Waals surface area contributed by atoms with Crippen LogP contribution in [0.1, 0.15) is 31.7 Å². The van der Waals surface area contributed by atoms with Crippen molar-refractivity contribution in [2.24, 2.45) is 5.41 Å². The van der Waals surface area contributed by atoms with Crippen molar-refractivity contribution in [3.8, 4) is 0 Å². The zero-order valence-electron chi connectivity index (χ0n) is 8.08. The molecule has 0 radical (unpaired) electrons. The second-order valence-corrected chi connectivity index (χ2v) is 4.14. The largest absolute Gasteiger partial charge is 0.299 e. The van der Waals surface area contributed by atoms with Gasteiger partial charge in [0.1, 0.15) is 5.78 Å². The van der Waals surface area contributed by atoms with E-state index in [1.807, 2.05) is 18.2 Å². The van der Waals surface area contributed by atoms with E-state index in [1.54, 1.807) is 6.92 Å². The number of benzene rings is 1. The molecule has 0 aliphatic heterocycles. The van der Waals surface area contributed by atoms with Gasteiger partial charge in [0.25, 0.3) is 0 Å². The molecule has 2 rings (SSSR count). The summed E-state index contributed by atoms with van der Waals surface area (Å²) in [4.78, 5) is 11.3. The monoisotopic (exact) mass is 174 g/mol. The molecule has 1 aliphatic carbocycles. The summed E-state index contributed by atoms with van der Waals surface area (Å²) >= 11 is 0. The van der Waals surface area contributed by atoms with E-state index in [4.69, 9.17) is 0 Å². The highest BCUT2D eigenvalue weighted by Crippen LogP contribution is 2.59. The zero-order valence-corrected chi connectivity index (χ0v) is 8.08. The van der Waals surface area contributed by atoms with Crippen molar-refractivity contribution >= 4 is 5.78 Å². The Hall–Kier alpha value is -1.11. The van der Waals surface area contributed by atoms with E-state index < -0.39 is 0 Å². The standard InChI is InChI=1S/C12H14O/c1-9(13)12(2)8-11(12)10-6-4-3-5-7-10/h3-7,11H,8H2,1-2H3/t11-,12-/m1/s1. The van der Waals surface area contributed by atoms with Gasteiger partial charge in [-0.15, -0.1) is 0 Å². The van der Waals surface area contributed by atoms with Crippen LogP contribution < -0.4 is 0 Å². The first-order valence-electron chi connectivity index (χ1n) is 4.70. The van der Waals surface area contributed by atoms with Crippen LogP contribution in [0, 0.1) is 5.41 Å². The lowest BCUT2D eigenvalue weighted by molar-refractivity contribution is -0.121. The molecule has 0 heterocycles. The summed E-state index contributed by atoms with van der Waals surface area (Å²) in [5.74, 6) is 0.785. The molecule has 0 saturated heterocycles. The molecule has 1 aromatic rings. The van der Waals surface area contributed by atoms with E-state index in [1.165, 1.54) is 5.56 Å². The van der Waals surface area contributed by atoms with Gasteiger partial charge in [0.2, 0.25) is 0 Å². The summed E-state index contributed by atoms with van der Waals surface area (Å²) in [6, 6.07) is 10.3. The molecule has 1 aliphatic rings. The van der Waals surface area contributed by atoms with E-state index in [2.05, 4.69) is 19.1 Å². The molecule has 0 amide bonds. The van der Waals surface area contributed by atoms with Gasteiger partial charge in [-0.2, -0.15) is 0 Å². The summed E-state index contributed by atoms with van der Waals surface area (Å²) in [7, 11) is 0. The number of rotatable bonds is 2. The third-order valence-electron chi connectivity index (χ3n) is 3.24. The van der Waals surface area contributed by atoms with E-state index in [0.29, 0.717) is 11.7 Å². The van der Waals surface area contributed by atoms with E-state index in [9.17, 15) is 4.79 Å². The van der Waals surface area contributed by atoms with E-state index in [-0.39, 0.29) is 5.41 Å². The van der Waals surface area contributed by atoms with Gasteiger partial charge in [-0.3, -0.25) is 4.79 Å². The average molecular weight is 174 g/mol. The van der Waals surface area contributed by atoms with Crippen LogP contribution in [0.5, 0.6) is 0 Å². The van der Waals surface area contributed by atoms with Crippen molar-refractivity contribution in [1.82, 2.24) is 0 Å².